The van der Waals surface area contributed by atoms with E-state index in [1.165, 1.54) is 0 Å². The number of halogens is 2. The van der Waals surface area contributed by atoms with Crippen LogP contribution in [0.4, 0.5) is 5.95 Å². The van der Waals surface area contributed by atoms with E-state index in [1.807, 2.05) is 34.9 Å². The maximum atomic E-state index is 9.88. The monoisotopic (exact) mass is 425 g/mol. The van der Waals surface area contributed by atoms with Crippen LogP contribution in [0.5, 0.6) is 0 Å². The summed E-state index contributed by atoms with van der Waals surface area (Å²) in [6.45, 7) is 2.66. The van der Waals surface area contributed by atoms with Crippen LogP contribution in [0.1, 0.15) is 11.4 Å². The molecule has 3 aromatic rings. The minimum absolute atomic E-state index is 0.352. The average molecular weight is 426 g/mol. The van der Waals surface area contributed by atoms with Crippen molar-refractivity contribution in [3.05, 3.63) is 70.0 Å². The van der Waals surface area contributed by atoms with Gasteiger partial charge in [-0.25, -0.2) is 0 Å². The van der Waals surface area contributed by atoms with Crippen LogP contribution in [0.2, 0.25) is 10.0 Å². The van der Waals surface area contributed by atoms with Gasteiger partial charge in [-0.05, 0) is 35.9 Å². The number of ether oxygens (including phenoxy) is 1. The second-order valence-corrected chi connectivity index (χ2v) is 7.27. The molecule has 1 saturated heterocycles. The zero-order chi connectivity index (χ0) is 20.2. The third kappa shape index (κ3) is 4.13. The molecular weight excluding hydrogens is 409 g/mol. The van der Waals surface area contributed by atoms with E-state index in [2.05, 4.69) is 21.2 Å². The van der Waals surface area contributed by atoms with Crippen LogP contribution in [-0.4, -0.2) is 41.1 Å². The maximum absolute atomic E-state index is 9.88. The van der Waals surface area contributed by atoms with Gasteiger partial charge in [-0.2, -0.15) is 5.26 Å². The van der Waals surface area contributed by atoms with E-state index in [9.17, 15) is 5.26 Å². The highest BCUT2D eigenvalue weighted by molar-refractivity contribution is 6.35. The number of benzene rings is 2. The number of para-hydroxylation sites is 1. The van der Waals surface area contributed by atoms with E-state index in [-0.39, 0.29) is 0 Å². The number of nitriles is 1. The van der Waals surface area contributed by atoms with Crippen molar-refractivity contribution >= 4 is 40.8 Å². The van der Waals surface area contributed by atoms with Gasteiger partial charge in [0.25, 0.3) is 0 Å². The van der Waals surface area contributed by atoms with E-state index in [1.54, 1.807) is 24.3 Å². The second-order valence-electron chi connectivity index (χ2n) is 6.43. The molecule has 2 heterocycles. The summed E-state index contributed by atoms with van der Waals surface area (Å²) in [5, 5.41) is 19.6. The number of aromatic nitrogens is 3. The summed E-state index contributed by atoms with van der Waals surface area (Å²) in [4.78, 5) is 2.11. The Kier molecular flexibility index (Phi) is 5.81. The molecule has 0 saturated carbocycles. The number of nitrogens with zero attached hydrogens (tertiary/aromatic N) is 5. The van der Waals surface area contributed by atoms with Gasteiger partial charge >= 0.3 is 0 Å². The van der Waals surface area contributed by atoms with Crippen molar-refractivity contribution < 1.29 is 4.74 Å². The van der Waals surface area contributed by atoms with Gasteiger partial charge in [0.05, 0.1) is 24.5 Å². The Bertz CT molecular complexity index is 1080. The molecule has 0 atom stereocenters. The van der Waals surface area contributed by atoms with Gasteiger partial charge in [0.15, 0.2) is 5.82 Å². The molecule has 1 aliphatic heterocycles. The molecule has 1 aromatic heterocycles. The predicted molar refractivity (Wildman–Crippen MR) is 114 cm³/mol. The molecule has 0 aliphatic carbocycles. The minimum Gasteiger partial charge on any atom is -0.378 e. The molecule has 0 amide bonds. The van der Waals surface area contributed by atoms with E-state index < -0.39 is 0 Å². The van der Waals surface area contributed by atoms with Crippen molar-refractivity contribution in [1.82, 2.24) is 14.8 Å². The highest BCUT2D eigenvalue weighted by Crippen LogP contribution is 2.29. The number of rotatable bonds is 4. The smallest absolute Gasteiger partial charge is 0.232 e. The Balaban J connectivity index is 1.85. The first-order valence-electron chi connectivity index (χ1n) is 9.08. The largest absolute Gasteiger partial charge is 0.378 e. The van der Waals surface area contributed by atoms with Gasteiger partial charge in [0.2, 0.25) is 5.95 Å². The number of morpholine rings is 1. The first-order valence-corrected chi connectivity index (χ1v) is 9.84. The Morgan fingerprint density at radius 3 is 2.52 bits per heavy atom. The van der Waals surface area contributed by atoms with Crippen molar-refractivity contribution in [2.45, 2.75) is 0 Å². The molecule has 146 valence electrons. The van der Waals surface area contributed by atoms with Crippen LogP contribution in [0.3, 0.4) is 0 Å². The average Bonchev–Trinajstić information content (AvgIpc) is 3.19. The molecule has 29 heavy (non-hydrogen) atoms. The highest BCUT2D eigenvalue weighted by Gasteiger charge is 2.23. The molecule has 0 spiro atoms. The zero-order valence-corrected chi connectivity index (χ0v) is 16.9. The summed E-state index contributed by atoms with van der Waals surface area (Å²) >= 11 is 12.3. The molecule has 0 radical (unpaired) electrons. The Morgan fingerprint density at radius 1 is 1.07 bits per heavy atom. The van der Waals surface area contributed by atoms with E-state index in [0.29, 0.717) is 59.3 Å². The van der Waals surface area contributed by atoms with Gasteiger partial charge in [-0.1, -0.05) is 47.5 Å². The fourth-order valence-corrected chi connectivity index (χ4v) is 3.62. The zero-order valence-electron chi connectivity index (χ0n) is 15.4. The molecule has 0 N–H and O–H groups in total. The third-order valence-electron chi connectivity index (χ3n) is 4.58. The summed E-state index contributed by atoms with van der Waals surface area (Å²) in [6, 6.07) is 17.1. The fourth-order valence-electron chi connectivity index (χ4n) is 3.15. The summed E-state index contributed by atoms with van der Waals surface area (Å²) in [5.74, 6) is 1.13. The Hall–Kier alpha value is -2.85. The fraction of sp³-hybridized carbons (Fsp3) is 0.190. The quantitative estimate of drug-likeness (QED) is 0.576. The third-order valence-corrected chi connectivity index (χ3v) is 5.14. The number of hydrogen-bond donors (Lipinski definition) is 0. The lowest BCUT2D eigenvalue weighted by molar-refractivity contribution is 0.122. The minimum atomic E-state index is 0.352. The number of hydrogen-bond acceptors (Lipinski definition) is 5. The number of allylic oxidation sites excluding steroid dienone is 1. The molecule has 1 fully saturated rings. The lowest BCUT2D eigenvalue weighted by Gasteiger charge is -2.28. The SMILES string of the molecule is N#CC(=Cc1ccc(Cl)cc1Cl)c1nnc(N2CCOCC2)n1-c1ccccc1. The molecule has 1 aliphatic rings. The van der Waals surface area contributed by atoms with E-state index >= 15 is 0 Å². The van der Waals surface area contributed by atoms with Crippen molar-refractivity contribution in [3.8, 4) is 11.8 Å². The highest BCUT2D eigenvalue weighted by atomic mass is 35.5. The lowest BCUT2D eigenvalue weighted by Crippen LogP contribution is -2.38. The predicted octanol–water partition coefficient (Wildman–Crippen LogP) is 4.47. The summed E-state index contributed by atoms with van der Waals surface area (Å²) in [6.07, 6.45) is 1.70. The van der Waals surface area contributed by atoms with E-state index in [4.69, 9.17) is 27.9 Å². The lowest BCUT2D eigenvalue weighted by atomic mass is 10.1. The standard InChI is InChI=1S/C21H17Cl2N5O/c22-17-7-6-15(19(23)13-17)12-16(14-24)20-25-26-21(27-8-10-29-11-9-27)28(20)18-4-2-1-3-5-18/h1-7,12-13H,8-11H2. The Labute approximate surface area is 178 Å². The molecule has 6 nitrogen and oxygen atoms in total. The van der Waals surface area contributed by atoms with Crippen LogP contribution in [0.15, 0.2) is 48.5 Å². The van der Waals surface area contributed by atoms with Crippen LogP contribution < -0.4 is 4.90 Å². The first kappa shape index (κ1) is 19.5. The second kappa shape index (κ2) is 8.66. The number of anilines is 1. The van der Waals surface area contributed by atoms with Crippen molar-refractivity contribution in [2.75, 3.05) is 31.2 Å². The molecule has 4 rings (SSSR count). The topological polar surface area (TPSA) is 67.0 Å². The summed E-state index contributed by atoms with van der Waals surface area (Å²) < 4.78 is 7.35. The van der Waals surface area contributed by atoms with Crippen molar-refractivity contribution in [1.29, 1.82) is 5.26 Å². The Morgan fingerprint density at radius 2 is 1.83 bits per heavy atom. The van der Waals surface area contributed by atoms with Gasteiger partial charge in [-0.15, -0.1) is 10.2 Å². The van der Waals surface area contributed by atoms with E-state index in [0.717, 1.165) is 5.69 Å². The molecular formula is C21H17Cl2N5O. The van der Waals surface area contributed by atoms with Gasteiger partial charge in [-0.3, -0.25) is 4.57 Å². The molecule has 2 aromatic carbocycles. The maximum Gasteiger partial charge on any atom is 0.232 e. The van der Waals surface area contributed by atoms with Gasteiger partial charge in [0, 0.05) is 23.1 Å². The van der Waals surface area contributed by atoms with Crippen LogP contribution >= 0.6 is 23.2 Å². The molecule has 0 bridgehead atoms. The van der Waals surface area contributed by atoms with Crippen LogP contribution in [0, 0.1) is 11.3 Å². The van der Waals surface area contributed by atoms with Gasteiger partial charge in [0.1, 0.15) is 6.07 Å². The van der Waals surface area contributed by atoms with Crippen LogP contribution in [-0.2, 0) is 4.74 Å². The summed E-state index contributed by atoms with van der Waals surface area (Å²) in [7, 11) is 0. The summed E-state index contributed by atoms with van der Waals surface area (Å²) in [5.41, 5.74) is 1.91. The first-order chi connectivity index (χ1) is 14.2. The molecule has 0 unspecified atom stereocenters. The van der Waals surface area contributed by atoms with Crippen LogP contribution in [0.25, 0.3) is 17.3 Å². The normalized spacial score (nSPS) is 14.7. The van der Waals surface area contributed by atoms with Crippen molar-refractivity contribution in [2.24, 2.45) is 0 Å². The molecule has 8 heteroatoms. The van der Waals surface area contributed by atoms with Crippen molar-refractivity contribution in [3.63, 3.8) is 0 Å². The van der Waals surface area contributed by atoms with Gasteiger partial charge < -0.3 is 9.64 Å².